The zero-order valence-electron chi connectivity index (χ0n) is 23.2. The van der Waals surface area contributed by atoms with Crippen molar-refractivity contribution in [2.45, 2.75) is 51.8 Å². The van der Waals surface area contributed by atoms with Crippen LogP contribution < -0.4 is 32.9 Å². The maximum Gasteiger partial charge on any atom is 0.280 e. The van der Waals surface area contributed by atoms with E-state index in [2.05, 4.69) is 46.8 Å². The summed E-state index contributed by atoms with van der Waals surface area (Å²) >= 11 is 1.17. The van der Waals surface area contributed by atoms with Gasteiger partial charge >= 0.3 is 0 Å². The third-order valence-electron chi connectivity index (χ3n) is 4.98. The molecule has 1 heterocycles. The number of hydrogen-bond acceptors (Lipinski definition) is 9. The lowest BCUT2D eigenvalue weighted by Crippen LogP contribution is -2.32. The highest BCUT2D eigenvalue weighted by Crippen LogP contribution is 2.35. The fraction of sp³-hybridized carbons (Fsp3) is 0.370. The molecule has 1 saturated carbocycles. The molecule has 1 atom stereocenters. The van der Waals surface area contributed by atoms with Crippen LogP contribution in [-0.4, -0.2) is 40.7 Å². The monoisotopic (exact) mass is 591 g/mol. The second kappa shape index (κ2) is 18.2. The molecular weight excluding hydrogens is 556 g/mol. The van der Waals surface area contributed by atoms with Crippen molar-refractivity contribution in [3.05, 3.63) is 47.3 Å². The Labute approximate surface area is 242 Å². The van der Waals surface area contributed by atoms with Crippen LogP contribution in [0.4, 0.5) is 8.78 Å². The molecule has 1 aromatic heterocycles. The van der Waals surface area contributed by atoms with Gasteiger partial charge in [0.1, 0.15) is 11.4 Å². The van der Waals surface area contributed by atoms with E-state index in [4.69, 9.17) is 21.2 Å². The van der Waals surface area contributed by atoms with Gasteiger partial charge in [-0.05, 0) is 55.5 Å². The number of methoxy groups -OCH3 is 1. The van der Waals surface area contributed by atoms with E-state index in [1.807, 2.05) is 5.43 Å². The van der Waals surface area contributed by atoms with Crippen LogP contribution in [0.15, 0.2) is 35.6 Å². The van der Waals surface area contributed by atoms with E-state index >= 15 is 0 Å². The van der Waals surface area contributed by atoms with E-state index in [9.17, 15) is 18.4 Å². The third kappa shape index (κ3) is 11.4. The number of hydrogen-bond donors (Lipinski definition) is 5. The number of carbonyl (C=O) groups excluding carboxylic acids is 3. The molecule has 0 radical (unpaired) electrons. The van der Waals surface area contributed by atoms with E-state index in [0.717, 1.165) is 25.1 Å². The van der Waals surface area contributed by atoms with Gasteiger partial charge in [0.2, 0.25) is 6.41 Å². The first-order valence-corrected chi connectivity index (χ1v) is 13.4. The molecule has 222 valence electrons. The average Bonchev–Trinajstić information content (AvgIpc) is 3.79. The molecule has 11 nitrogen and oxygen atoms in total. The number of nitrogen functional groups attached to an aromatic ring is 1. The second-order valence-corrected chi connectivity index (χ2v) is 9.73. The fourth-order valence-corrected chi connectivity index (χ4v) is 3.76. The minimum Gasteiger partial charge on any atom is -0.494 e. The van der Waals surface area contributed by atoms with E-state index in [-0.39, 0.29) is 34.4 Å². The van der Waals surface area contributed by atoms with Crippen molar-refractivity contribution < 1.29 is 27.9 Å². The topological polar surface area (TPSA) is 188 Å². The Hall–Kier alpha value is -4.22. The van der Waals surface area contributed by atoms with Crippen LogP contribution in [0.1, 0.15) is 72.9 Å². The Bertz CT molecular complexity index is 1280. The predicted molar refractivity (Wildman–Crippen MR) is 156 cm³/mol. The lowest BCUT2D eigenvalue weighted by atomic mass is 9.95. The van der Waals surface area contributed by atoms with Gasteiger partial charge in [-0.2, -0.15) is 5.10 Å². The molecule has 3 rings (SSSR count). The van der Waals surface area contributed by atoms with Crippen molar-refractivity contribution in [3.8, 4) is 28.7 Å². The smallest absolute Gasteiger partial charge is 0.280 e. The highest BCUT2D eigenvalue weighted by molar-refractivity contribution is 8.15. The number of alkyl halides is 2. The quantitative estimate of drug-likeness (QED) is 0.0474. The number of hydrazine groups is 1. The summed E-state index contributed by atoms with van der Waals surface area (Å²) in [6.07, 6.45) is 1.88. The number of hydrazone groups is 1. The zero-order chi connectivity index (χ0) is 30.9. The number of aromatic nitrogens is 1. The number of amides is 3. The van der Waals surface area contributed by atoms with Gasteiger partial charge in [0.25, 0.3) is 18.2 Å². The van der Waals surface area contributed by atoms with Crippen LogP contribution in [0, 0.1) is 17.8 Å². The first-order chi connectivity index (χ1) is 19.6. The minimum atomic E-state index is -2.85. The zero-order valence-corrected chi connectivity index (χ0v) is 24.1. The van der Waals surface area contributed by atoms with E-state index in [1.165, 1.54) is 43.5 Å². The van der Waals surface area contributed by atoms with Crippen molar-refractivity contribution in [1.82, 2.24) is 15.7 Å². The predicted octanol–water partition coefficient (Wildman–Crippen LogP) is 3.31. The number of thioether (sulfide) groups is 1. The molecule has 0 bridgehead atoms. The van der Waals surface area contributed by atoms with E-state index in [0.29, 0.717) is 11.0 Å². The number of nitrogens with one attached hydrogen (secondary N) is 2. The van der Waals surface area contributed by atoms with Gasteiger partial charge in [0.05, 0.1) is 18.7 Å². The summed E-state index contributed by atoms with van der Waals surface area (Å²) in [5, 5.41) is 6.36. The fourth-order valence-electron chi connectivity index (χ4n) is 3.08. The molecular formula is C27H35F2N7O4S. The van der Waals surface area contributed by atoms with E-state index < -0.39 is 29.3 Å². The Morgan fingerprint density at radius 1 is 1.24 bits per heavy atom. The van der Waals surface area contributed by atoms with Crippen molar-refractivity contribution in [2.24, 2.45) is 28.4 Å². The van der Waals surface area contributed by atoms with Crippen molar-refractivity contribution in [2.75, 3.05) is 7.11 Å². The van der Waals surface area contributed by atoms with Crippen LogP contribution in [0.5, 0.6) is 5.75 Å². The summed E-state index contributed by atoms with van der Waals surface area (Å²) in [4.78, 5) is 37.6. The molecule has 1 unspecified atom stereocenters. The summed E-state index contributed by atoms with van der Waals surface area (Å²) in [7, 11) is 1.34. The molecule has 41 heavy (non-hydrogen) atoms. The van der Waals surface area contributed by atoms with Crippen LogP contribution in [0.25, 0.3) is 11.1 Å². The molecule has 1 aliphatic rings. The molecule has 1 aliphatic carbocycles. The van der Waals surface area contributed by atoms with Gasteiger partial charge < -0.3 is 21.6 Å². The lowest BCUT2D eigenvalue weighted by Gasteiger charge is -2.17. The number of nitrogens with zero attached hydrogens (tertiary/aromatic N) is 2. The number of rotatable bonds is 7. The van der Waals surface area contributed by atoms with Crippen molar-refractivity contribution in [3.63, 3.8) is 0 Å². The first-order valence-electron chi connectivity index (χ1n) is 12.5. The van der Waals surface area contributed by atoms with E-state index in [1.54, 1.807) is 6.92 Å². The summed E-state index contributed by atoms with van der Waals surface area (Å²) in [5.74, 6) is 16.0. The van der Waals surface area contributed by atoms with Crippen LogP contribution in [0.3, 0.4) is 0 Å². The molecule has 1 aromatic carbocycles. The number of halogens is 2. The largest absolute Gasteiger partial charge is 0.494 e. The molecule has 8 N–H and O–H groups in total. The molecule has 0 aliphatic heterocycles. The number of carbonyl (C=O) groups is 3. The number of ether oxygens (including phenoxy) is 1. The van der Waals surface area contributed by atoms with Gasteiger partial charge in [-0.25, -0.2) is 14.6 Å². The maximum atomic E-state index is 13.4. The number of pyridine rings is 1. The average molecular weight is 592 g/mol. The Morgan fingerprint density at radius 3 is 2.39 bits per heavy atom. The summed E-state index contributed by atoms with van der Waals surface area (Å²) in [6.45, 7) is 5.98. The molecule has 14 heteroatoms. The number of primary amides is 1. The van der Waals surface area contributed by atoms with Crippen molar-refractivity contribution >= 4 is 35.0 Å². The highest BCUT2D eigenvalue weighted by Gasteiger charge is 2.23. The Kier molecular flexibility index (Phi) is 15.4. The minimum absolute atomic E-state index is 0.117. The molecule has 2 aromatic rings. The molecule has 0 saturated heterocycles. The first kappa shape index (κ1) is 34.8. The van der Waals surface area contributed by atoms with Crippen molar-refractivity contribution in [1.29, 1.82) is 0 Å². The van der Waals surface area contributed by atoms with Crippen LogP contribution in [0.2, 0.25) is 0 Å². The molecule has 3 amide bonds. The number of benzene rings is 1. The summed E-state index contributed by atoms with van der Waals surface area (Å²) < 4.78 is 32.0. The van der Waals surface area contributed by atoms with Gasteiger partial charge in [-0.15, -0.1) is 0 Å². The Balaban J connectivity index is 0.00000129. The summed E-state index contributed by atoms with van der Waals surface area (Å²) in [6, 6.07) is 5.29. The highest BCUT2D eigenvalue weighted by atomic mass is 32.2. The molecule has 1 fully saturated rings. The number of nitrogens with two attached hydrogens (primary N) is 3. The second-order valence-electron chi connectivity index (χ2n) is 8.40. The Morgan fingerprint density at radius 2 is 1.88 bits per heavy atom. The maximum absolute atomic E-state index is 13.4. The molecule has 0 spiro atoms. The van der Waals surface area contributed by atoms with Crippen LogP contribution in [-0.2, 0) is 4.79 Å². The van der Waals surface area contributed by atoms with Gasteiger partial charge in [-0.3, -0.25) is 24.8 Å². The normalized spacial score (nSPS) is 12.7. The van der Waals surface area contributed by atoms with Gasteiger partial charge in [0, 0.05) is 22.6 Å². The summed E-state index contributed by atoms with van der Waals surface area (Å²) in [5.41, 5.74) is 6.24. The SMILES string of the molecule is CCC.COc1cnc(C(F)F)cc1-c1cc(C(=O)NN)ccc1C(=O)NC(C)S/C(C#CC1CC1)=N\N.NC=O. The van der Waals surface area contributed by atoms with Gasteiger partial charge in [-0.1, -0.05) is 38.0 Å². The van der Waals surface area contributed by atoms with Crippen LogP contribution >= 0.6 is 11.8 Å². The van der Waals surface area contributed by atoms with Gasteiger partial charge in [0.15, 0.2) is 5.04 Å². The third-order valence-corrected chi connectivity index (χ3v) is 5.88. The standard InChI is InChI=1S/C23H24F2N6O3S.C3H8.CH3NO/c1-12(35-20(30-26)8-5-13-3-4-13)29-23(33)15-7-6-14(22(32)31-27)9-16(15)17-10-18(21(24)25)28-11-19(17)34-2;1-3-2;2-1-3/h6-7,9-13,21H,3-4,26-27H2,1-2H3,(H,29,33)(H,31,32);3H2,1-2H3;1H,(H2,2,3)/b30-20-;;. The lowest BCUT2D eigenvalue weighted by molar-refractivity contribution is -0.106.